The third kappa shape index (κ3) is 4.12. The Bertz CT molecular complexity index is 1190. The molecule has 0 aromatic heterocycles. The first-order valence-corrected chi connectivity index (χ1v) is 17.1. The zero-order valence-corrected chi connectivity index (χ0v) is 31.8. The highest BCUT2D eigenvalue weighted by Gasteiger charge is 2.80. The Labute approximate surface area is 275 Å². The fourth-order valence-electron chi connectivity index (χ4n) is 4.97. The molecule has 2 aliphatic carbocycles. The van der Waals surface area contributed by atoms with Gasteiger partial charge in [-0.25, -0.2) is 0 Å². The molecule has 188 valence electrons. The minimum absolute atomic E-state index is 0.377. The van der Waals surface area contributed by atoms with Crippen molar-refractivity contribution in [1.82, 2.24) is 3.93 Å². The van der Waals surface area contributed by atoms with Crippen molar-refractivity contribution in [3.8, 4) is 0 Å². The number of benzene rings is 2. The number of alkyl halides is 7. The zero-order chi connectivity index (χ0) is 26.1. The van der Waals surface area contributed by atoms with E-state index in [0.717, 1.165) is 17.7 Å². The summed E-state index contributed by atoms with van der Waals surface area (Å²) < 4.78 is -0.627. The van der Waals surface area contributed by atoms with E-state index in [-0.39, 0.29) is 4.32 Å². The molecule has 0 saturated carbocycles. The molecule has 1 aliphatic heterocycles. The molecule has 9 heteroatoms. The van der Waals surface area contributed by atoms with Crippen molar-refractivity contribution in [2.24, 2.45) is 0 Å². The molecular weight excluding hydrogens is 966 g/mol. The van der Waals surface area contributed by atoms with E-state index >= 15 is 0 Å². The monoisotopic (exact) mass is 981 g/mol. The van der Waals surface area contributed by atoms with Crippen LogP contribution in [0.3, 0.4) is 0 Å². The molecule has 0 radical (unpaired) electrons. The first kappa shape index (κ1) is 29.5. The Morgan fingerprint density at radius 2 is 1.29 bits per heavy atom. The second-order valence-corrected chi connectivity index (χ2v) is 20.8. The van der Waals surface area contributed by atoms with Crippen LogP contribution in [0.1, 0.15) is 37.5 Å². The quantitative estimate of drug-likeness (QED) is 0.156. The first-order valence-electron chi connectivity index (χ1n) is 10.9. The number of hydrogen-bond acceptors (Lipinski definition) is 1. The fourth-order valence-corrected chi connectivity index (χ4v) is 13.0. The highest BCUT2D eigenvalue weighted by Crippen LogP contribution is 2.77. The van der Waals surface area contributed by atoms with Gasteiger partial charge in [-0.05, 0) is 50.0 Å². The van der Waals surface area contributed by atoms with E-state index < -0.39 is 20.7 Å². The van der Waals surface area contributed by atoms with Crippen LogP contribution in [0.4, 0.5) is 0 Å². The minimum Gasteiger partial charge on any atom is -0.289 e. The van der Waals surface area contributed by atoms with E-state index in [4.69, 9.17) is 0 Å². The summed E-state index contributed by atoms with van der Waals surface area (Å²) in [4.78, 5) is 0. The molecule has 0 amide bonds. The lowest BCUT2D eigenvalue weighted by molar-refractivity contribution is 0.350. The summed E-state index contributed by atoms with van der Waals surface area (Å²) >= 11 is 32.1. The Kier molecular flexibility index (Phi) is 8.34. The van der Waals surface area contributed by atoms with Crippen LogP contribution in [0.5, 0.6) is 0 Å². The van der Waals surface area contributed by atoms with Crippen molar-refractivity contribution in [3.05, 3.63) is 89.1 Å². The van der Waals surface area contributed by atoms with E-state index in [1.165, 1.54) is 11.1 Å². The Balaban J connectivity index is 0.000000266. The van der Waals surface area contributed by atoms with Gasteiger partial charge in [-0.15, -0.1) is 0 Å². The van der Waals surface area contributed by atoms with Gasteiger partial charge in [0.15, 0.2) is 0 Å². The predicted octanol–water partition coefficient (Wildman–Crippen LogP) is 11.1. The van der Waals surface area contributed by atoms with Gasteiger partial charge in [-0.2, -0.15) is 0 Å². The second-order valence-electron chi connectivity index (χ2n) is 9.39. The average Bonchev–Trinajstić information content (AvgIpc) is 3.33. The van der Waals surface area contributed by atoms with Crippen LogP contribution in [-0.4, -0.2) is 24.5 Å². The van der Waals surface area contributed by atoms with Gasteiger partial charge in [-0.1, -0.05) is 178 Å². The summed E-state index contributed by atoms with van der Waals surface area (Å²) in [6.07, 6.45) is 7.69. The number of halogens is 8. The number of fused-ring (bicyclic) bond motifs is 2. The van der Waals surface area contributed by atoms with Crippen molar-refractivity contribution in [2.45, 2.75) is 52.2 Å². The summed E-state index contributed by atoms with van der Waals surface area (Å²) in [6.45, 7) is 6.57. The van der Waals surface area contributed by atoms with Gasteiger partial charge in [0, 0.05) is 5.70 Å². The van der Waals surface area contributed by atoms with Gasteiger partial charge in [0.2, 0.25) is 0 Å². The molecule has 0 spiro atoms. The normalized spacial score (nSPS) is 38.8. The van der Waals surface area contributed by atoms with Crippen molar-refractivity contribution >= 4 is 134 Å². The minimum atomic E-state index is -0.547. The molecule has 1 heterocycles. The average molecular weight is 989 g/mol. The highest BCUT2D eigenvalue weighted by atomic mass is 79.9. The maximum Gasteiger partial charge on any atom is 0.148 e. The lowest BCUT2D eigenvalue weighted by Gasteiger charge is -2.59. The van der Waals surface area contributed by atoms with E-state index in [1.54, 1.807) is 0 Å². The van der Waals surface area contributed by atoms with Crippen molar-refractivity contribution < 1.29 is 0 Å². The maximum absolute atomic E-state index is 4.17. The first-order chi connectivity index (χ1) is 16.1. The smallest absolute Gasteiger partial charge is 0.148 e. The summed E-state index contributed by atoms with van der Waals surface area (Å²) in [6, 6.07) is 18.9. The van der Waals surface area contributed by atoms with Crippen LogP contribution in [-0.2, 0) is 10.9 Å². The second kappa shape index (κ2) is 9.88. The van der Waals surface area contributed by atoms with Gasteiger partial charge < -0.3 is 0 Å². The molecule has 5 atom stereocenters. The molecule has 3 aliphatic rings. The highest BCUT2D eigenvalue weighted by molar-refractivity contribution is 9.26. The fraction of sp³-hybridized carbons (Fsp3) is 0.385. The van der Waals surface area contributed by atoms with Crippen LogP contribution in [0, 0.1) is 0 Å². The van der Waals surface area contributed by atoms with Crippen LogP contribution in [0.2, 0.25) is 0 Å². The van der Waals surface area contributed by atoms with Crippen molar-refractivity contribution in [1.29, 1.82) is 0 Å². The molecule has 2 aromatic rings. The van der Waals surface area contributed by atoms with Crippen LogP contribution in [0.25, 0.3) is 6.08 Å². The molecule has 35 heavy (non-hydrogen) atoms. The summed E-state index contributed by atoms with van der Waals surface area (Å²) in [5.41, 5.74) is 5.07. The molecule has 1 saturated heterocycles. The summed E-state index contributed by atoms with van der Waals surface area (Å²) in [5.74, 6) is 0. The standard InChI is InChI=1S/C17H15Br8N.C9H8/c1-12(18)13(2,19)16(23)11(9-15(12,21)22)26(25)17(24,14(16,3)20)10-7-5-4-6-8-10;1-2-5-9-7-3-6-8(9)4-1/h4-9H,1-3H3;1-6H,7H2. The van der Waals surface area contributed by atoms with E-state index in [9.17, 15) is 0 Å². The Morgan fingerprint density at radius 3 is 1.89 bits per heavy atom. The molecule has 0 N–H and O–H groups in total. The van der Waals surface area contributed by atoms with Crippen molar-refractivity contribution in [2.75, 3.05) is 0 Å². The van der Waals surface area contributed by atoms with Gasteiger partial charge in [0.1, 0.15) is 12.0 Å². The molecule has 0 bridgehead atoms. The molecule has 1 fully saturated rings. The van der Waals surface area contributed by atoms with Gasteiger partial charge in [-0.3, -0.25) is 3.93 Å². The van der Waals surface area contributed by atoms with Gasteiger partial charge >= 0.3 is 0 Å². The largest absolute Gasteiger partial charge is 0.289 e. The maximum atomic E-state index is 4.17. The third-order valence-electron chi connectivity index (χ3n) is 7.42. The molecule has 5 rings (SSSR count). The van der Waals surface area contributed by atoms with Crippen LogP contribution < -0.4 is 0 Å². The molecule has 1 nitrogen and oxygen atoms in total. The number of rotatable bonds is 1. The van der Waals surface area contributed by atoms with Crippen molar-refractivity contribution in [3.63, 3.8) is 0 Å². The van der Waals surface area contributed by atoms with E-state index in [0.29, 0.717) is 0 Å². The molecule has 2 aromatic carbocycles. The third-order valence-corrected chi connectivity index (χ3v) is 21.6. The van der Waals surface area contributed by atoms with Gasteiger partial charge in [0.25, 0.3) is 0 Å². The summed E-state index contributed by atoms with van der Waals surface area (Å²) in [5, 5.41) is 0. The van der Waals surface area contributed by atoms with Crippen LogP contribution >= 0.6 is 128 Å². The lowest BCUT2D eigenvalue weighted by Crippen LogP contribution is -2.69. The molecule has 5 unspecified atom stereocenters. The van der Waals surface area contributed by atoms with E-state index in [1.807, 2.05) is 6.07 Å². The Hall–Kier alpha value is 1.56. The van der Waals surface area contributed by atoms with Gasteiger partial charge in [0.05, 0.1) is 29.1 Å². The number of allylic oxidation sites excluding steroid dienone is 3. The Morgan fingerprint density at radius 1 is 0.714 bits per heavy atom. The number of hydrogen-bond donors (Lipinski definition) is 0. The van der Waals surface area contributed by atoms with Crippen LogP contribution in [0.15, 0.2) is 72.4 Å². The SMILES string of the molecule is C1=Cc2ccccc2C1.CC1(Br)C(Br)(Br)C=C2N(Br)C(Br)(c3ccccc3)C(C)(Br)C2(Br)C1(C)Br. The topological polar surface area (TPSA) is 3.24 Å². The number of nitrogens with zero attached hydrogens (tertiary/aromatic N) is 1. The van der Waals surface area contributed by atoms with E-state index in [2.05, 4.69) is 219 Å². The molecular formula is C26H23Br8N. The predicted molar refractivity (Wildman–Crippen MR) is 179 cm³/mol. The lowest BCUT2D eigenvalue weighted by atomic mass is 9.70. The summed E-state index contributed by atoms with van der Waals surface area (Å²) in [7, 11) is 0. The zero-order valence-electron chi connectivity index (χ0n) is 19.1.